The SMILES string of the molecule is C=CCC1(C(c2ccc([N+](=O)[O-])cc2)N2C(=O)c3ccccc3C2=O)C(=O)OC(C)(C)OC1=O. The van der Waals surface area contributed by atoms with Gasteiger partial charge in [0.1, 0.15) is 0 Å². The first-order chi connectivity index (χ1) is 16.0. The maximum Gasteiger partial charge on any atom is 0.329 e. The Morgan fingerprint density at radius 2 is 1.47 bits per heavy atom. The van der Waals surface area contributed by atoms with Crippen molar-refractivity contribution in [2.45, 2.75) is 32.1 Å². The Labute approximate surface area is 193 Å². The van der Waals surface area contributed by atoms with Gasteiger partial charge in [0.2, 0.25) is 0 Å². The third kappa shape index (κ3) is 3.35. The number of amides is 2. The Hall–Kier alpha value is -4.34. The van der Waals surface area contributed by atoms with E-state index in [4.69, 9.17) is 9.47 Å². The molecule has 2 aliphatic rings. The number of hydrogen-bond acceptors (Lipinski definition) is 8. The fourth-order valence-corrected chi connectivity index (χ4v) is 4.34. The van der Waals surface area contributed by atoms with Crippen molar-refractivity contribution < 1.29 is 33.6 Å². The van der Waals surface area contributed by atoms with Crippen molar-refractivity contribution in [1.82, 2.24) is 4.90 Å². The maximum atomic E-state index is 13.4. The Bertz CT molecular complexity index is 1190. The topological polar surface area (TPSA) is 133 Å². The molecule has 1 unspecified atom stereocenters. The zero-order chi connectivity index (χ0) is 24.8. The van der Waals surface area contributed by atoms with Crippen LogP contribution in [0.4, 0.5) is 5.69 Å². The Balaban J connectivity index is 1.96. The van der Waals surface area contributed by atoms with E-state index in [1.807, 2.05) is 0 Å². The van der Waals surface area contributed by atoms with Gasteiger partial charge in [-0.1, -0.05) is 30.3 Å². The summed E-state index contributed by atoms with van der Waals surface area (Å²) in [5.74, 6) is -5.03. The average Bonchev–Trinajstić information content (AvgIpc) is 3.02. The number of nitro groups is 1. The fourth-order valence-electron chi connectivity index (χ4n) is 4.34. The summed E-state index contributed by atoms with van der Waals surface area (Å²) in [6.07, 6.45) is 0.965. The molecule has 0 N–H and O–H groups in total. The van der Waals surface area contributed by atoms with Crippen LogP contribution in [0.25, 0.3) is 0 Å². The molecular weight excluding hydrogens is 444 g/mol. The minimum Gasteiger partial charge on any atom is -0.422 e. The number of cyclic esters (lactones) is 2. The van der Waals surface area contributed by atoms with Crippen molar-refractivity contribution in [3.8, 4) is 0 Å². The number of esters is 2. The molecule has 0 aliphatic carbocycles. The second kappa shape index (κ2) is 7.91. The molecule has 2 amide bonds. The van der Waals surface area contributed by atoms with Crippen LogP contribution >= 0.6 is 0 Å². The van der Waals surface area contributed by atoms with E-state index >= 15 is 0 Å². The fraction of sp³-hybridized carbons (Fsp3) is 0.250. The van der Waals surface area contributed by atoms with Gasteiger partial charge in [-0.2, -0.15) is 0 Å². The van der Waals surface area contributed by atoms with Crippen LogP contribution in [0.2, 0.25) is 0 Å². The van der Waals surface area contributed by atoms with Gasteiger partial charge in [-0.25, -0.2) is 0 Å². The largest absolute Gasteiger partial charge is 0.422 e. The summed E-state index contributed by atoms with van der Waals surface area (Å²) < 4.78 is 10.8. The average molecular weight is 464 g/mol. The number of hydrogen-bond donors (Lipinski definition) is 0. The van der Waals surface area contributed by atoms with Crippen LogP contribution in [0.3, 0.4) is 0 Å². The molecule has 1 saturated heterocycles. The standard InChI is InChI=1S/C24H20N2O8/c1-4-13-24(21(29)33-23(2,3)34-22(24)30)18(14-9-11-15(12-10-14)26(31)32)25-19(27)16-7-5-6-8-17(16)20(25)28/h4-12,18H,1,13H2,2-3H3. The van der Waals surface area contributed by atoms with Gasteiger partial charge in [0, 0.05) is 26.0 Å². The summed E-state index contributed by atoms with van der Waals surface area (Å²) >= 11 is 0. The molecule has 0 aromatic heterocycles. The Kier molecular flexibility index (Phi) is 5.31. The normalized spacial score (nSPS) is 19.2. The molecule has 2 aliphatic heterocycles. The number of imide groups is 1. The molecule has 174 valence electrons. The van der Waals surface area contributed by atoms with Crippen molar-refractivity contribution in [1.29, 1.82) is 0 Å². The van der Waals surface area contributed by atoms with Crippen LogP contribution in [0.1, 0.15) is 52.6 Å². The number of carbonyl (C=O) groups excluding carboxylic acids is 4. The van der Waals surface area contributed by atoms with Crippen molar-refractivity contribution in [2.24, 2.45) is 5.41 Å². The molecule has 1 atom stereocenters. The number of allylic oxidation sites excluding steroid dienone is 1. The van der Waals surface area contributed by atoms with Crippen LogP contribution < -0.4 is 0 Å². The molecule has 0 saturated carbocycles. The molecule has 0 radical (unpaired) electrons. The van der Waals surface area contributed by atoms with Crippen LogP contribution in [-0.4, -0.2) is 39.4 Å². The number of nitro benzene ring substituents is 1. The molecule has 2 aromatic carbocycles. The number of nitrogens with zero attached hydrogens (tertiary/aromatic N) is 2. The van der Waals surface area contributed by atoms with E-state index in [9.17, 15) is 29.3 Å². The van der Waals surface area contributed by atoms with Crippen molar-refractivity contribution >= 4 is 29.4 Å². The Morgan fingerprint density at radius 3 is 1.91 bits per heavy atom. The monoisotopic (exact) mass is 464 g/mol. The van der Waals surface area contributed by atoms with Crippen molar-refractivity contribution in [3.05, 3.63) is 88.0 Å². The lowest BCUT2D eigenvalue weighted by atomic mass is 9.72. The molecule has 34 heavy (non-hydrogen) atoms. The highest BCUT2D eigenvalue weighted by molar-refractivity contribution is 6.22. The van der Waals surface area contributed by atoms with E-state index in [1.165, 1.54) is 44.2 Å². The Morgan fingerprint density at radius 1 is 0.971 bits per heavy atom. The van der Waals surface area contributed by atoms with E-state index in [2.05, 4.69) is 6.58 Å². The quantitative estimate of drug-likeness (QED) is 0.159. The first kappa shape index (κ1) is 22.8. The van der Waals surface area contributed by atoms with Crippen LogP contribution in [-0.2, 0) is 19.1 Å². The van der Waals surface area contributed by atoms with Gasteiger partial charge in [0.15, 0.2) is 5.41 Å². The molecule has 10 heteroatoms. The van der Waals surface area contributed by atoms with Gasteiger partial charge in [-0.15, -0.1) is 6.58 Å². The first-order valence-corrected chi connectivity index (χ1v) is 10.3. The highest BCUT2D eigenvalue weighted by Crippen LogP contribution is 2.50. The van der Waals surface area contributed by atoms with Gasteiger partial charge in [-0.05, 0) is 24.1 Å². The maximum absolute atomic E-state index is 13.4. The zero-order valence-corrected chi connectivity index (χ0v) is 18.3. The third-order valence-corrected chi connectivity index (χ3v) is 5.84. The smallest absolute Gasteiger partial charge is 0.329 e. The van der Waals surface area contributed by atoms with Gasteiger partial charge in [0.05, 0.1) is 22.1 Å². The van der Waals surface area contributed by atoms with E-state index in [0.29, 0.717) is 0 Å². The van der Waals surface area contributed by atoms with Gasteiger partial charge >= 0.3 is 11.9 Å². The minimum atomic E-state index is -2.18. The number of benzene rings is 2. The van der Waals surface area contributed by atoms with Crippen LogP contribution in [0.5, 0.6) is 0 Å². The number of carbonyl (C=O) groups is 4. The predicted octanol–water partition coefficient (Wildman–Crippen LogP) is 3.33. The van der Waals surface area contributed by atoms with E-state index in [-0.39, 0.29) is 28.8 Å². The highest BCUT2D eigenvalue weighted by Gasteiger charge is 2.64. The lowest BCUT2D eigenvalue weighted by Crippen LogP contribution is -2.60. The zero-order valence-electron chi connectivity index (χ0n) is 18.3. The summed E-state index contributed by atoms with van der Waals surface area (Å²) in [5.41, 5.74) is -2.09. The molecular formula is C24H20N2O8. The third-order valence-electron chi connectivity index (χ3n) is 5.84. The molecule has 2 aromatic rings. The lowest BCUT2D eigenvalue weighted by Gasteiger charge is -2.45. The summed E-state index contributed by atoms with van der Waals surface area (Å²) in [6, 6.07) is 9.47. The minimum absolute atomic E-state index is 0.103. The first-order valence-electron chi connectivity index (χ1n) is 10.3. The van der Waals surface area contributed by atoms with Crippen LogP contribution in [0.15, 0.2) is 61.2 Å². The van der Waals surface area contributed by atoms with Crippen LogP contribution in [0, 0.1) is 15.5 Å². The molecule has 4 rings (SSSR count). The summed E-state index contributed by atoms with van der Waals surface area (Å²) in [6.45, 7) is 6.39. The van der Waals surface area contributed by atoms with Crippen molar-refractivity contribution in [3.63, 3.8) is 0 Å². The lowest BCUT2D eigenvalue weighted by molar-refractivity contribution is -0.384. The number of rotatable bonds is 6. The van der Waals surface area contributed by atoms with Gasteiger partial charge in [-0.3, -0.25) is 34.2 Å². The number of fused-ring (bicyclic) bond motifs is 1. The molecule has 0 bridgehead atoms. The molecule has 0 spiro atoms. The van der Waals surface area contributed by atoms with E-state index < -0.39 is 45.9 Å². The molecule has 10 nitrogen and oxygen atoms in total. The predicted molar refractivity (Wildman–Crippen MR) is 116 cm³/mol. The second-order valence-corrected chi connectivity index (χ2v) is 8.42. The second-order valence-electron chi connectivity index (χ2n) is 8.42. The van der Waals surface area contributed by atoms with Crippen molar-refractivity contribution in [2.75, 3.05) is 0 Å². The van der Waals surface area contributed by atoms with E-state index in [0.717, 1.165) is 17.0 Å². The number of ether oxygens (including phenoxy) is 2. The summed E-state index contributed by atoms with van der Waals surface area (Å²) in [4.78, 5) is 65.0. The summed E-state index contributed by atoms with van der Waals surface area (Å²) in [5, 5.41) is 11.2. The highest BCUT2D eigenvalue weighted by atomic mass is 16.7. The summed E-state index contributed by atoms with van der Waals surface area (Å²) in [7, 11) is 0. The van der Waals surface area contributed by atoms with E-state index in [1.54, 1.807) is 12.1 Å². The number of non-ortho nitro benzene ring substituents is 1. The molecule has 1 fully saturated rings. The van der Waals surface area contributed by atoms with Gasteiger partial charge < -0.3 is 9.47 Å². The van der Waals surface area contributed by atoms with Gasteiger partial charge in [0.25, 0.3) is 23.3 Å². The molecule has 2 heterocycles.